The van der Waals surface area contributed by atoms with Gasteiger partial charge in [-0.15, -0.1) is 0 Å². The van der Waals surface area contributed by atoms with Crippen LogP contribution < -0.4 is 10.6 Å². The lowest BCUT2D eigenvalue weighted by molar-refractivity contribution is -0.118. The van der Waals surface area contributed by atoms with Crippen molar-refractivity contribution in [2.75, 3.05) is 5.32 Å². The van der Waals surface area contributed by atoms with Crippen molar-refractivity contribution in [3.63, 3.8) is 0 Å². The fourth-order valence-corrected chi connectivity index (χ4v) is 2.62. The number of hydrogen-bond donors (Lipinski definition) is 3. The lowest BCUT2D eigenvalue weighted by atomic mass is 9.95. The number of phenols is 1. The molecule has 22 heavy (non-hydrogen) atoms. The molecule has 0 radical (unpaired) electrons. The molecule has 1 aromatic rings. The van der Waals surface area contributed by atoms with Gasteiger partial charge in [0.15, 0.2) is 0 Å². The summed E-state index contributed by atoms with van der Waals surface area (Å²) in [5.41, 5.74) is 1.63. The summed E-state index contributed by atoms with van der Waals surface area (Å²) in [6.45, 7) is 1.84. The van der Waals surface area contributed by atoms with Gasteiger partial charge in [-0.1, -0.05) is 19.3 Å². The van der Waals surface area contributed by atoms with E-state index < -0.39 is 0 Å². The van der Waals surface area contributed by atoms with Crippen molar-refractivity contribution in [3.8, 4) is 11.8 Å². The highest BCUT2D eigenvalue weighted by atomic mass is 16.3. The smallest absolute Gasteiger partial charge is 0.263 e. The molecule has 1 aliphatic carbocycles. The molecule has 0 atom stereocenters. The number of nitrogens with one attached hydrogen (secondary N) is 2. The second-order valence-electron chi connectivity index (χ2n) is 5.62. The second-order valence-corrected chi connectivity index (χ2v) is 5.62. The topological polar surface area (TPSA) is 85.2 Å². The van der Waals surface area contributed by atoms with E-state index >= 15 is 0 Å². The molecule has 0 unspecified atom stereocenters. The molecule has 1 saturated carbocycles. The standard InChI is InChI=1S/C17H21N3O2/c1-12-9-15(21)7-8-16(12)19-11-13(10-18)17(22)20-14-5-3-2-4-6-14/h7-9,11,14,19,21H,2-6H2,1H3,(H,20,22)/b13-11-. The Morgan fingerprint density at radius 1 is 1.36 bits per heavy atom. The summed E-state index contributed by atoms with van der Waals surface area (Å²) in [5, 5.41) is 24.4. The van der Waals surface area contributed by atoms with Gasteiger partial charge in [-0.3, -0.25) is 4.79 Å². The number of aryl methyl sites for hydroxylation is 1. The van der Waals surface area contributed by atoms with Crippen LogP contribution in [0.1, 0.15) is 37.7 Å². The van der Waals surface area contributed by atoms with E-state index in [9.17, 15) is 9.90 Å². The Hall–Kier alpha value is -2.48. The maximum Gasteiger partial charge on any atom is 0.263 e. The average Bonchev–Trinajstić information content (AvgIpc) is 2.50. The van der Waals surface area contributed by atoms with Crippen molar-refractivity contribution in [3.05, 3.63) is 35.5 Å². The SMILES string of the molecule is Cc1cc(O)ccc1N/C=C(/C#N)C(=O)NC1CCCCC1. The highest BCUT2D eigenvalue weighted by Crippen LogP contribution is 2.20. The normalized spacial score (nSPS) is 15.9. The maximum absolute atomic E-state index is 12.1. The highest BCUT2D eigenvalue weighted by Gasteiger charge is 2.18. The van der Waals surface area contributed by atoms with Crippen molar-refractivity contribution in [1.82, 2.24) is 5.32 Å². The number of nitriles is 1. The Kier molecular flexibility index (Phi) is 5.42. The minimum Gasteiger partial charge on any atom is -0.508 e. The molecule has 0 aliphatic heterocycles. The van der Waals surface area contributed by atoms with Gasteiger partial charge in [0.25, 0.3) is 5.91 Å². The van der Waals surface area contributed by atoms with E-state index in [0.717, 1.165) is 36.9 Å². The Labute approximate surface area is 130 Å². The first-order valence-corrected chi connectivity index (χ1v) is 7.57. The van der Waals surface area contributed by atoms with Crippen molar-refractivity contribution in [2.45, 2.75) is 45.1 Å². The number of phenolic OH excluding ortho intramolecular Hbond substituents is 1. The average molecular weight is 299 g/mol. The number of carbonyl (C=O) groups is 1. The molecule has 5 nitrogen and oxygen atoms in total. The zero-order valence-corrected chi connectivity index (χ0v) is 12.7. The highest BCUT2D eigenvalue weighted by molar-refractivity contribution is 5.97. The summed E-state index contributed by atoms with van der Waals surface area (Å²) in [6, 6.07) is 6.98. The van der Waals surface area contributed by atoms with E-state index in [0.29, 0.717) is 0 Å². The van der Waals surface area contributed by atoms with E-state index in [-0.39, 0.29) is 23.3 Å². The van der Waals surface area contributed by atoms with E-state index in [1.807, 2.05) is 13.0 Å². The summed E-state index contributed by atoms with van der Waals surface area (Å²) >= 11 is 0. The van der Waals surface area contributed by atoms with E-state index in [4.69, 9.17) is 5.26 Å². The number of aromatic hydroxyl groups is 1. The van der Waals surface area contributed by atoms with Crippen molar-refractivity contribution < 1.29 is 9.90 Å². The molecule has 1 amide bonds. The van der Waals surface area contributed by atoms with Crippen molar-refractivity contribution >= 4 is 11.6 Å². The van der Waals surface area contributed by atoms with Gasteiger partial charge in [0.1, 0.15) is 17.4 Å². The molecule has 2 rings (SSSR count). The van der Waals surface area contributed by atoms with Gasteiger partial charge < -0.3 is 15.7 Å². The number of amides is 1. The predicted octanol–water partition coefficient (Wildman–Crippen LogP) is 2.97. The van der Waals surface area contributed by atoms with Gasteiger partial charge in [0.05, 0.1) is 0 Å². The summed E-state index contributed by atoms with van der Waals surface area (Å²) in [6.07, 6.45) is 6.85. The molecule has 0 heterocycles. The second kappa shape index (κ2) is 7.51. The van der Waals surface area contributed by atoms with Crippen LogP contribution in [0.3, 0.4) is 0 Å². The number of benzene rings is 1. The van der Waals surface area contributed by atoms with Crippen molar-refractivity contribution in [1.29, 1.82) is 5.26 Å². The Morgan fingerprint density at radius 3 is 2.73 bits per heavy atom. The van der Waals surface area contributed by atoms with Crippen LogP contribution >= 0.6 is 0 Å². The van der Waals surface area contributed by atoms with Crippen LogP contribution in [0.4, 0.5) is 5.69 Å². The number of hydrogen-bond acceptors (Lipinski definition) is 4. The van der Waals surface area contributed by atoms with Crippen LogP contribution in [0.5, 0.6) is 5.75 Å². The summed E-state index contributed by atoms with van der Waals surface area (Å²) in [4.78, 5) is 12.1. The van der Waals surface area contributed by atoms with E-state index in [2.05, 4.69) is 10.6 Å². The quantitative estimate of drug-likeness (QED) is 0.453. The fraction of sp³-hybridized carbons (Fsp3) is 0.412. The third-order valence-corrected chi connectivity index (χ3v) is 3.89. The van der Waals surface area contributed by atoms with Gasteiger partial charge in [0.2, 0.25) is 0 Å². The van der Waals surface area contributed by atoms with Crippen LogP contribution in [0.15, 0.2) is 30.0 Å². The first kappa shape index (κ1) is 15.9. The summed E-state index contributed by atoms with van der Waals surface area (Å²) in [7, 11) is 0. The summed E-state index contributed by atoms with van der Waals surface area (Å²) in [5.74, 6) is -0.152. The maximum atomic E-state index is 12.1. The molecule has 3 N–H and O–H groups in total. The number of anilines is 1. The van der Waals surface area contributed by atoms with Gasteiger partial charge in [-0.05, 0) is 43.5 Å². The minimum atomic E-state index is -0.335. The molecule has 1 aromatic carbocycles. The molecular weight excluding hydrogens is 278 g/mol. The van der Waals surface area contributed by atoms with Gasteiger partial charge in [0, 0.05) is 17.9 Å². The molecule has 0 bridgehead atoms. The molecule has 116 valence electrons. The first-order chi connectivity index (χ1) is 10.6. The third kappa shape index (κ3) is 4.26. The number of nitrogens with zero attached hydrogens (tertiary/aromatic N) is 1. The van der Waals surface area contributed by atoms with Crippen LogP contribution in [0, 0.1) is 18.3 Å². The Bertz CT molecular complexity index is 611. The van der Waals surface area contributed by atoms with Crippen LogP contribution in [0.2, 0.25) is 0 Å². The molecule has 1 aliphatic rings. The zero-order valence-electron chi connectivity index (χ0n) is 12.7. The third-order valence-electron chi connectivity index (χ3n) is 3.89. The molecule has 1 fully saturated rings. The van der Waals surface area contributed by atoms with Crippen molar-refractivity contribution in [2.24, 2.45) is 0 Å². The molecule has 5 heteroatoms. The summed E-state index contributed by atoms with van der Waals surface area (Å²) < 4.78 is 0. The van der Waals surface area contributed by atoms with Crippen LogP contribution in [0.25, 0.3) is 0 Å². The number of rotatable bonds is 4. The molecule has 0 spiro atoms. The molecular formula is C17H21N3O2. The minimum absolute atomic E-state index is 0.0537. The monoisotopic (exact) mass is 299 g/mol. The van der Waals surface area contributed by atoms with Gasteiger partial charge in [-0.2, -0.15) is 5.26 Å². The van der Waals surface area contributed by atoms with Crippen LogP contribution in [-0.4, -0.2) is 17.1 Å². The van der Waals surface area contributed by atoms with E-state index in [1.54, 1.807) is 18.2 Å². The van der Waals surface area contributed by atoms with Gasteiger partial charge in [-0.25, -0.2) is 0 Å². The first-order valence-electron chi connectivity index (χ1n) is 7.57. The lowest BCUT2D eigenvalue weighted by Gasteiger charge is -2.22. The Balaban J connectivity index is 2.00. The Morgan fingerprint density at radius 2 is 2.09 bits per heavy atom. The van der Waals surface area contributed by atoms with E-state index in [1.165, 1.54) is 12.6 Å². The fourth-order valence-electron chi connectivity index (χ4n) is 2.62. The largest absolute Gasteiger partial charge is 0.508 e. The van der Waals surface area contributed by atoms with Gasteiger partial charge >= 0.3 is 0 Å². The molecule has 0 aromatic heterocycles. The van der Waals surface area contributed by atoms with Crippen LogP contribution in [-0.2, 0) is 4.79 Å². The molecule has 0 saturated heterocycles. The lowest BCUT2D eigenvalue weighted by Crippen LogP contribution is -2.37. The number of carbonyl (C=O) groups excluding carboxylic acids is 1. The predicted molar refractivity (Wildman–Crippen MR) is 85.2 cm³/mol. The zero-order chi connectivity index (χ0) is 15.9.